The number of pyridine rings is 1. The Morgan fingerprint density at radius 2 is 1.58 bits per heavy atom. The summed E-state index contributed by atoms with van der Waals surface area (Å²) in [5.41, 5.74) is 2.58. The molecular weight excluding hydrogens is 418 g/mol. The van der Waals surface area contributed by atoms with Gasteiger partial charge in [-0.2, -0.15) is 0 Å². The molecule has 0 atom stereocenters. The maximum Gasteiger partial charge on any atom is 0.345 e. The summed E-state index contributed by atoms with van der Waals surface area (Å²) in [5, 5.41) is 0. The van der Waals surface area contributed by atoms with E-state index < -0.39 is 5.97 Å². The van der Waals surface area contributed by atoms with Gasteiger partial charge in [0, 0.05) is 57.2 Å². The number of rotatable bonds is 8. The van der Waals surface area contributed by atoms with Crippen LogP contribution in [0.4, 0.5) is 0 Å². The average Bonchev–Trinajstić information content (AvgIpc) is 2.87. The van der Waals surface area contributed by atoms with E-state index in [1.54, 1.807) is 32.5 Å². The third-order valence-corrected chi connectivity index (χ3v) is 5.78. The van der Waals surface area contributed by atoms with Crippen molar-refractivity contribution in [1.29, 1.82) is 0 Å². The lowest BCUT2D eigenvalue weighted by atomic mass is 10.1. The fourth-order valence-electron chi connectivity index (χ4n) is 4.00. The molecule has 7 heteroatoms. The fraction of sp³-hybridized carbons (Fsp3) is 0.308. The van der Waals surface area contributed by atoms with E-state index in [1.165, 1.54) is 11.8 Å². The monoisotopic (exact) mass is 447 g/mol. The van der Waals surface area contributed by atoms with Crippen LogP contribution in [-0.2, 0) is 13.1 Å². The normalized spacial score (nSPS) is 14.6. The highest BCUT2D eigenvalue weighted by atomic mass is 16.6. The van der Waals surface area contributed by atoms with E-state index in [1.807, 2.05) is 18.2 Å². The summed E-state index contributed by atoms with van der Waals surface area (Å²) in [6, 6.07) is 17.7. The molecular formula is C26H29N3O4. The molecule has 3 aromatic rings. The van der Waals surface area contributed by atoms with Crippen molar-refractivity contribution in [3.63, 3.8) is 0 Å². The minimum atomic E-state index is -0.483. The Hall–Kier alpha value is -3.42. The number of hydrogen-bond acceptors (Lipinski definition) is 7. The van der Waals surface area contributed by atoms with Crippen LogP contribution in [0.5, 0.6) is 17.2 Å². The van der Waals surface area contributed by atoms with Crippen molar-refractivity contribution in [2.45, 2.75) is 13.1 Å². The van der Waals surface area contributed by atoms with Crippen LogP contribution in [0.25, 0.3) is 0 Å². The molecule has 0 amide bonds. The van der Waals surface area contributed by atoms with Gasteiger partial charge in [-0.25, -0.2) is 4.79 Å². The van der Waals surface area contributed by atoms with Crippen molar-refractivity contribution < 1.29 is 19.0 Å². The lowest BCUT2D eigenvalue weighted by molar-refractivity contribution is 0.0722. The number of methoxy groups -OCH3 is 2. The van der Waals surface area contributed by atoms with Gasteiger partial charge in [0.15, 0.2) is 11.5 Å². The maximum atomic E-state index is 12.8. The van der Waals surface area contributed by atoms with Gasteiger partial charge >= 0.3 is 5.97 Å². The van der Waals surface area contributed by atoms with Gasteiger partial charge in [0.2, 0.25) is 5.75 Å². The summed E-state index contributed by atoms with van der Waals surface area (Å²) in [6.07, 6.45) is 3.10. The van der Waals surface area contributed by atoms with Crippen LogP contribution >= 0.6 is 0 Å². The molecule has 0 bridgehead atoms. The Labute approximate surface area is 194 Å². The Morgan fingerprint density at radius 3 is 2.21 bits per heavy atom. The van der Waals surface area contributed by atoms with Gasteiger partial charge in [0.05, 0.1) is 19.8 Å². The van der Waals surface area contributed by atoms with Crippen molar-refractivity contribution in [2.24, 2.45) is 0 Å². The molecule has 0 spiro atoms. The summed E-state index contributed by atoms with van der Waals surface area (Å²) in [4.78, 5) is 21.6. The number of nitrogens with zero attached hydrogens (tertiary/aromatic N) is 3. The zero-order valence-electron chi connectivity index (χ0n) is 19.1. The first kappa shape index (κ1) is 22.8. The molecule has 1 fully saturated rings. The molecule has 7 nitrogen and oxygen atoms in total. The lowest BCUT2D eigenvalue weighted by Gasteiger charge is -2.35. The molecule has 2 heterocycles. The van der Waals surface area contributed by atoms with E-state index in [0.29, 0.717) is 29.4 Å². The highest BCUT2D eigenvalue weighted by molar-refractivity contribution is 5.91. The molecule has 172 valence electrons. The molecule has 0 saturated carbocycles. The molecule has 1 aliphatic heterocycles. The number of aromatic nitrogens is 1. The van der Waals surface area contributed by atoms with Crippen LogP contribution < -0.4 is 14.2 Å². The quantitative estimate of drug-likeness (QED) is 0.386. The number of ether oxygens (including phenoxy) is 3. The SMILES string of the molecule is COc1ccc(CN2CCN(Cc3ccccc3)CC2)c(OC(=O)c2cccnc2)c1OC. The Kier molecular flexibility index (Phi) is 7.55. The number of hydrogen-bond donors (Lipinski definition) is 0. The second-order valence-electron chi connectivity index (χ2n) is 7.96. The molecule has 4 rings (SSSR count). The Morgan fingerprint density at radius 1 is 0.848 bits per heavy atom. The number of piperazine rings is 1. The highest BCUT2D eigenvalue weighted by Crippen LogP contribution is 2.41. The third kappa shape index (κ3) is 5.69. The molecule has 33 heavy (non-hydrogen) atoms. The predicted octanol–water partition coefficient (Wildman–Crippen LogP) is 3.64. The summed E-state index contributed by atoms with van der Waals surface area (Å²) in [7, 11) is 3.11. The summed E-state index contributed by atoms with van der Waals surface area (Å²) < 4.78 is 16.8. The van der Waals surface area contributed by atoms with Gasteiger partial charge in [-0.3, -0.25) is 14.8 Å². The molecule has 0 unspecified atom stereocenters. The standard InChI is InChI=1S/C26H29N3O4/c1-31-23-11-10-22(24(25(23)32-2)33-26(30)21-9-6-12-27-17-21)19-29-15-13-28(14-16-29)18-20-7-4-3-5-8-20/h3-12,17H,13-16,18-19H2,1-2H3. The first-order chi connectivity index (χ1) is 16.2. The van der Waals surface area contributed by atoms with Crippen LogP contribution in [0.1, 0.15) is 21.5 Å². The highest BCUT2D eigenvalue weighted by Gasteiger charge is 2.24. The van der Waals surface area contributed by atoms with Crippen molar-refractivity contribution in [3.8, 4) is 17.2 Å². The number of esters is 1. The minimum Gasteiger partial charge on any atom is -0.493 e. The van der Waals surface area contributed by atoms with Crippen LogP contribution in [0.2, 0.25) is 0 Å². The van der Waals surface area contributed by atoms with Crippen molar-refractivity contribution in [2.75, 3.05) is 40.4 Å². The van der Waals surface area contributed by atoms with Crippen molar-refractivity contribution in [1.82, 2.24) is 14.8 Å². The second kappa shape index (κ2) is 10.9. The van der Waals surface area contributed by atoms with E-state index in [-0.39, 0.29) is 0 Å². The molecule has 0 N–H and O–H groups in total. The van der Waals surface area contributed by atoms with Gasteiger partial charge in [-0.05, 0) is 23.8 Å². The first-order valence-electron chi connectivity index (χ1n) is 11.0. The van der Waals surface area contributed by atoms with Gasteiger partial charge < -0.3 is 14.2 Å². The molecule has 0 aliphatic carbocycles. The fourth-order valence-corrected chi connectivity index (χ4v) is 4.00. The van der Waals surface area contributed by atoms with Crippen LogP contribution in [0.15, 0.2) is 67.0 Å². The lowest BCUT2D eigenvalue weighted by Crippen LogP contribution is -2.45. The minimum absolute atomic E-state index is 0.378. The maximum absolute atomic E-state index is 12.8. The Bertz CT molecular complexity index is 1050. The molecule has 1 saturated heterocycles. The predicted molar refractivity (Wildman–Crippen MR) is 126 cm³/mol. The second-order valence-corrected chi connectivity index (χ2v) is 7.96. The smallest absolute Gasteiger partial charge is 0.345 e. The topological polar surface area (TPSA) is 64.1 Å². The van der Waals surface area contributed by atoms with Gasteiger partial charge in [-0.15, -0.1) is 0 Å². The van der Waals surface area contributed by atoms with E-state index in [9.17, 15) is 4.79 Å². The molecule has 2 aromatic carbocycles. The number of carbonyl (C=O) groups is 1. The van der Waals surface area contributed by atoms with Crippen molar-refractivity contribution in [3.05, 3.63) is 83.7 Å². The van der Waals surface area contributed by atoms with E-state index in [0.717, 1.165) is 38.3 Å². The Balaban J connectivity index is 1.47. The number of benzene rings is 2. The van der Waals surface area contributed by atoms with Crippen LogP contribution in [-0.4, -0.2) is 61.2 Å². The van der Waals surface area contributed by atoms with Gasteiger partial charge in [0.25, 0.3) is 0 Å². The third-order valence-electron chi connectivity index (χ3n) is 5.78. The van der Waals surface area contributed by atoms with E-state index in [2.05, 4.69) is 39.0 Å². The van der Waals surface area contributed by atoms with Gasteiger partial charge in [-0.1, -0.05) is 36.4 Å². The summed E-state index contributed by atoms with van der Waals surface area (Å²) in [6.45, 7) is 5.42. The zero-order chi connectivity index (χ0) is 23.0. The number of carbonyl (C=O) groups excluding carboxylic acids is 1. The van der Waals surface area contributed by atoms with Crippen LogP contribution in [0.3, 0.4) is 0 Å². The summed E-state index contributed by atoms with van der Waals surface area (Å²) in [5.74, 6) is 0.832. The van der Waals surface area contributed by atoms with E-state index >= 15 is 0 Å². The molecule has 1 aliphatic rings. The molecule has 1 aromatic heterocycles. The van der Waals surface area contributed by atoms with Crippen LogP contribution in [0, 0.1) is 0 Å². The van der Waals surface area contributed by atoms with Crippen molar-refractivity contribution >= 4 is 5.97 Å². The average molecular weight is 448 g/mol. The zero-order valence-corrected chi connectivity index (χ0v) is 19.1. The van der Waals surface area contributed by atoms with E-state index in [4.69, 9.17) is 14.2 Å². The summed E-state index contributed by atoms with van der Waals surface area (Å²) >= 11 is 0. The largest absolute Gasteiger partial charge is 0.493 e. The molecule has 0 radical (unpaired) electrons. The first-order valence-corrected chi connectivity index (χ1v) is 11.0. The van der Waals surface area contributed by atoms with Gasteiger partial charge in [0.1, 0.15) is 0 Å².